The van der Waals surface area contributed by atoms with Gasteiger partial charge < -0.3 is 4.74 Å². The third kappa shape index (κ3) is 3.74. The van der Waals surface area contributed by atoms with Crippen LogP contribution >= 0.6 is 0 Å². The minimum absolute atomic E-state index is 0.209. The van der Waals surface area contributed by atoms with E-state index in [4.69, 9.17) is 0 Å². The zero-order valence-electron chi connectivity index (χ0n) is 15.1. The lowest BCUT2D eigenvalue weighted by molar-refractivity contribution is 0.386. The van der Waals surface area contributed by atoms with Crippen molar-refractivity contribution in [2.75, 3.05) is 7.11 Å². The van der Waals surface area contributed by atoms with Crippen LogP contribution in [0.2, 0.25) is 0 Å². The number of rotatable bonds is 4. The summed E-state index contributed by atoms with van der Waals surface area (Å²) in [7, 11) is 0.911. The fraction of sp³-hybridized carbons (Fsp3) is 0.0526. The lowest BCUT2D eigenvalue weighted by atomic mass is 10.3. The highest BCUT2D eigenvalue weighted by atomic mass is 27.2. The zero-order chi connectivity index (χ0) is 23.2. The SMILES string of the molecule is COc1ccc(F)[c]([Al]([c]2c(F)cc(F)c(F)c2F)[c]2c(F)cc(F)c(F)c2F)c1F. The van der Waals surface area contributed by atoms with Gasteiger partial charge in [0.1, 0.15) is 17.5 Å². The van der Waals surface area contributed by atoms with Crippen molar-refractivity contribution < 1.29 is 48.6 Å². The van der Waals surface area contributed by atoms with Gasteiger partial charge >= 0.3 is 14.1 Å². The van der Waals surface area contributed by atoms with E-state index in [0.29, 0.717) is 6.07 Å². The van der Waals surface area contributed by atoms with Gasteiger partial charge in [0.05, 0.1) is 7.11 Å². The predicted molar refractivity (Wildman–Crippen MR) is 90.1 cm³/mol. The van der Waals surface area contributed by atoms with Crippen LogP contribution in [0.15, 0.2) is 24.3 Å². The van der Waals surface area contributed by atoms with Crippen LogP contribution < -0.4 is 18.0 Å². The Balaban J connectivity index is 2.54. The minimum Gasteiger partial charge on any atom is -0.494 e. The summed E-state index contributed by atoms with van der Waals surface area (Å²) in [4.78, 5) is 0. The van der Waals surface area contributed by atoms with Crippen LogP contribution in [-0.2, 0) is 0 Å². The molecule has 0 fully saturated rings. The molecule has 162 valence electrons. The van der Waals surface area contributed by atoms with Crippen molar-refractivity contribution in [2.24, 2.45) is 0 Å². The standard InChI is InChI=1S/C7H5F2O.2C6HF4.Al/c1-10-7-3-2-5(8)4-6(7)9;2*7-3-1-4(8)6(10)5(9)2-3;/h2-3H,1H3;2*1H;. The van der Waals surface area contributed by atoms with E-state index in [-0.39, 0.29) is 12.1 Å². The Morgan fingerprint density at radius 1 is 0.516 bits per heavy atom. The number of hydrogen-bond donors (Lipinski definition) is 0. The van der Waals surface area contributed by atoms with E-state index in [9.17, 15) is 43.9 Å². The van der Waals surface area contributed by atoms with E-state index in [0.717, 1.165) is 13.2 Å². The second-order valence-electron chi connectivity index (χ2n) is 6.17. The highest BCUT2D eigenvalue weighted by Gasteiger charge is 2.43. The maximum Gasteiger partial charge on any atom is 0.412 e. The topological polar surface area (TPSA) is 9.23 Å². The van der Waals surface area contributed by atoms with Gasteiger partial charge in [-0.15, -0.1) is 0 Å². The minimum atomic E-state index is -4.83. The van der Waals surface area contributed by atoms with Crippen LogP contribution in [0.3, 0.4) is 0 Å². The first-order valence-corrected chi connectivity index (χ1v) is 9.92. The molecule has 0 heterocycles. The summed E-state index contributed by atoms with van der Waals surface area (Å²) in [5.74, 6) is -21.3. The first-order chi connectivity index (χ1) is 14.5. The van der Waals surface area contributed by atoms with E-state index in [1.165, 1.54) is 0 Å². The Labute approximate surface area is 171 Å². The van der Waals surface area contributed by atoms with E-state index in [1.807, 2.05) is 0 Å². The van der Waals surface area contributed by atoms with Crippen LogP contribution in [0.4, 0.5) is 43.9 Å². The molecule has 3 aromatic rings. The number of hydrogen-bond acceptors (Lipinski definition) is 1. The summed E-state index contributed by atoms with van der Waals surface area (Å²) >= 11 is -4.83. The summed E-state index contributed by atoms with van der Waals surface area (Å²) in [6.07, 6.45) is 0. The highest BCUT2D eigenvalue weighted by molar-refractivity contribution is 6.95. The molecule has 0 amide bonds. The van der Waals surface area contributed by atoms with E-state index >= 15 is 0 Å². The summed E-state index contributed by atoms with van der Waals surface area (Å²) in [5, 5.41) is 0. The molecule has 0 aliphatic carbocycles. The molecule has 0 atom stereocenters. The molecule has 31 heavy (non-hydrogen) atoms. The lowest BCUT2D eigenvalue weighted by Crippen LogP contribution is -2.59. The monoisotopic (exact) mass is 468 g/mol. The van der Waals surface area contributed by atoms with Crippen molar-refractivity contribution in [3.05, 3.63) is 82.4 Å². The smallest absolute Gasteiger partial charge is 0.412 e. The molecule has 0 radical (unpaired) electrons. The predicted octanol–water partition coefficient (Wildman–Crippen LogP) is 3.60. The van der Waals surface area contributed by atoms with Crippen LogP contribution in [0.1, 0.15) is 0 Å². The zero-order valence-corrected chi connectivity index (χ0v) is 16.2. The Morgan fingerprint density at radius 3 is 1.35 bits per heavy atom. The van der Waals surface area contributed by atoms with Crippen LogP contribution in [-0.4, -0.2) is 21.3 Å². The molecule has 1 nitrogen and oxygen atoms in total. The van der Waals surface area contributed by atoms with Crippen molar-refractivity contribution in [1.29, 1.82) is 0 Å². The molecule has 0 bridgehead atoms. The second kappa shape index (κ2) is 8.44. The van der Waals surface area contributed by atoms with Gasteiger partial charge in [-0.25, -0.2) is 43.9 Å². The normalized spacial score (nSPS) is 11.1. The fourth-order valence-electron chi connectivity index (χ4n) is 3.09. The Morgan fingerprint density at radius 2 is 0.935 bits per heavy atom. The summed E-state index contributed by atoms with van der Waals surface area (Å²) in [6.45, 7) is 0. The number of methoxy groups -OCH3 is 1. The molecule has 3 rings (SSSR count). The van der Waals surface area contributed by atoms with Crippen molar-refractivity contribution in [3.63, 3.8) is 0 Å². The highest BCUT2D eigenvalue weighted by Crippen LogP contribution is 2.21. The summed E-state index contributed by atoms with van der Waals surface area (Å²) in [6, 6.07) is 0.830. The van der Waals surface area contributed by atoms with E-state index < -0.39 is 91.3 Å². The van der Waals surface area contributed by atoms with Gasteiger partial charge in [-0.3, -0.25) is 0 Å². The maximum absolute atomic E-state index is 14.9. The van der Waals surface area contributed by atoms with Crippen LogP contribution in [0.25, 0.3) is 0 Å². The van der Waals surface area contributed by atoms with Crippen LogP contribution in [0.5, 0.6) is 5.75 Å². The van der Waals surface area contributed by atoms with Gasteiger partial charge in [-0.1, -0.05) is 0 Å². The molecule has 3 aromatic carbocycles. The number of benzene rings is 3. The first-order valence-electron chi connectivity index (χ1n) is 8.18. The maximum atomic E-state index is 14.9. The Bertz CT molecular complexity index is 1130. The average molecular weight is 468 g/mol. The van der Waals surface area contributed by atoms with E-state index in [1.54, 1.807) is 0 Å². The lowest BCUT2D eigenvalue weighted by Gasteiger charge is -2.20. The van der Waals surface area contributed by atoms with E-state index in [2.05, 4.69) is 4.74 Å². The van der Waals surface area contributed by atoms with Crippen LogP contribution in [0, 0.1) is 58.2 Å². The van der Waals surface area contributed by atoms with Crippen molar-refractivity contribution in [2.45, 2.75) is 0 Å². The average Bonchev–Trinajstić information content (AvgIpc) is 2.70. The molecule has 0 unspecified atom stereocenters. The number of ether oxygens (including phenoxy) is 1. The molecule has 0 saturated carbocycles. The number of halogens is 10. The largest absolute Gasteiger partial charge is 0.494 e. The Hall–Kier alpha value is -2.71. The molecule has 0 aliphatic rings. The fourth-order valence-corrected chi connectivity index (χ4v) is 6.21. The summed E-state index contributed by atoms with van der Waals surface area (Å²) < 4.78 is 142. The molecule has 0 aliphatic heterocycles. The van der Waals surface area contributed by atoms with Gasteiger partial charge in [-0.05, 0) is 25.4 Å². The molecule has 0 aromatic heterocycles. The summed E-state index contributed by atoms with van der Waals surface area (Å²) in [5.41, 5.74) is 0. The van der Waals surface area contributed by atoms with Crippen molar-refractivity contribution in [1.82, 2.24) is 0 Å². The van der Waals surface area contributed by atoms with Gasteiger partial charge in [0.15, 0.2) is 46.5 Å². The van der Waals surface area contributed by atoms with Crippen molar-refractivity contribution in [3.8, 4) is 5.75 Å². The quantitative estimate of drug-likeness (QED) is 0.246. The third-order valence-electron chi connectivity index (χ3n) is 4.48. The molecule has 0 saturated heterocycles. The second-order valence-corrected chi connectivity index (χ2v) is 8.77. The van der Waals surface area contributed by atoms with Gasteiger partial charge in [0.2, 0.25) is 0 Å². The van der Waals surface area contributed by atoms with Gasteiger partial charge in [0.25, 0.3) is 0 Å². The Kier molecular flexibility index (Phi) is 6.25. The van der Waals surface area contributed by atoms with Gasteiger partial charge in [-0.2, -0.15) is 0 Å². The van der Waals surface area contributed by atoms with Crippen molar-refractivity contribution >= 4 is 27.4 Å². The molecular formula is C19H7AlF10O. The third-order valence-corrected chi connectivity index (χ3v) is 7.80. The van der Waals surface area contributed by atoms with Gasteiger partial charge in [0, 0.05) is 12.1 Å². The first kappa shape index (κ1) is 23.0. The molecule has 12 heteroatoms. The molecule has 0 spiro atoms. The molecular weight excluding hydrogens is 461 g/mol. The molecule has 0 N–H and O–H groups in total.